The number of hydrogen-bond donors (Lipinski definition) is 0. The van der Waals surface area contributed by atoms with Crippen LogP contribution in [-0.2, 0) is 23.8 Å². The van der Waals surface area contributed by atoms with Crippen LogP contribution < -0.4 is 0 Å². The van der Waals surface area contributed by atoms with Gasteiger partial charge in [0.05, 0.1) is 0 Å². The van der Waals surface area contributed by atoms with E-state index >= 15 is 0 Å². The van der Waals surface area contributed by atoms with Crippen molar-refractivity contribution >= 4 is 25.8 Å². The summed E-state index contributed by atoms with van der Waals surface area (Å²) in [5, 5.41) is 0. The molecule has 32 valence electrons. The van der Waals surface area contributed by atoms with Gasteiger partial charge in [-0.3, -0.25) is 0 Å². The molecule has 0 rings (SSSR count). The summed E-state index contributed by atoms with van der Waals surface area (Å²) in [4.78, 5) is 0. The van der Waals surface area contributed by atoms with Gasteiger partial charge in [0.25, 0.3) is 0 Å². The smallest absolute Gasteiger partial charge is 0 e. The van der Waals surface area contributed by atoms with E-state index in [1.165, 1.54) is 0 Å². The molecular weight excluding hydrogens is 617 g/mol. The van der Waals surface area contributed by atoms with Gasteiger partial charge < -0.3 is 0 Å². The van der Waals surface area contributed by atoms with Gasteiger partial charge in [0.1, 0.15) is 0 Å². The van der Waals surface area contributed by atoms with Crippen LogP contribution >= 0.6 is 0 Å². The molecule has 0 fully saturated rings. The average molecular weight is 620 g/mol. The Morgan fingerprint density at radius 3 is 1.20 bits per heavy atom. The maximum atomic E-state index is 8.19. The Hall–Kier alpha value is 4.05. The molecule has 0 heterocycles. The van der Waals surface area contributed by atoms with Crippen molar-refractivity contribution in [3.8, 4) is 0 Å². The average Bonchev–Trinajstić information content (AvgIpc) is 1.00. The molecule has 0 spiro atoms. The zero-order valence-electron chi connectivity index (χ0n) is 1.66. The van der Waals surface area contributed by atoms with Gasteiger partial charge >= 0.3 is 63.2 Å². The van der Waals surface area contributed by atoms with Crippen molar-refractivity contribution in [1.82, 2.24) is 0 Å². The zero-order chi connectivity index (χ0) is 2.00. The SMILES string of the molecule is [Ce].[InH3].[O]=[Ho].[Ta]. The fourth-order valence-corrected chi connectivity index (χ4v) is 0. The van der Waals surface area contributed by atoms with Crippen molar-refractivity contribution in [3.63, 3.8) is 0 Å². The molecule has 5 heteroatoms. The van der Waals surface area contributed by atoms with Crippen LogP contribution in [0.3, 0.4) is 0 Å². The Kier molecular flexibility index (Phi) is 112. The van der Waals surface area contributed by atoms with Crippen molar-refractivity contribution in [2.75, 3.05) is 0 Å². The fraction of sp³-hybridized carbons (Fsp3) is 0. The predicted molar refractivity (Wildman–Crippen MR) is 10.6 cm³/mol. The van der Waals surface area contributed by atoms with Gasteiger partial charge in [-0.1, -0.05) is 0 Å². The first kappa shape index (κ1) is 23.0. The Bertz CT molecular complexity index is 11.6. The summed E-state index contributed by atoms with van der Waals surface area (Å²) in [6.45, 7) is 0. The second kappa shape index (κ2) is 24.4. The first-order valence-corrected chi connectivity index (χ1v) is 0.913. The van der Waals surface area contributed by atoms with E-state index in [1.807, 2.05) is 0 Å². The van der Waals surface area contributed by atoms with E-state index < -0.39 is 0 Å². The Morgan fingerprint density at radius 1 is 1.20 bits per heavy atom. The van der Waals surface area contributed by atoms with Gasteiger partial charge in [0.2, 0.25) is 0 Å². The van der Waals surface area contributed by atoms with Crippen molar-refractivity contribution in [3.05, 3.63) is 0 Å². The maximum Gasteiger partial charge on any atom is 0 e. The van der Waals surface area contributed by atoms with Crippen LogP contribution in [0.2, 0.25) is 0 Å². The summed E-state index contributed by atoms with van der Waals surface area (Å²) < 4.78 is 8.19. The van der Waals surface area contributed by atoms with Gasteiger partial charge in [0, 0.05) is 64.1 Å². The van der Waals surface area contributed by atoms with E-state index in [-0.39, 0.29) is 90.0 Å². The van der Waals surface area contributed by atoms with Gasteiger partial charge in [-0.2, -0.15) is 0 Å². The van der Waals surface area contributed by atoms with Crippen LogP contribution in [0.4, 0.5) is 0 Å². The van der Waals surface area contributed by atoms with Gasteiger partial charge in [-0.25, -0.2) is 0 Å². The Labute approximate surface area is 123 Å². The molecule has 0 aromatic rings. The van der Waals surface area contributed by atoms with Crippen LogP contribution in [0.25, 0.3) is 0 Å². The summed E-state index contributed by atoms with van der Waals surface area (Å²) in [7, 11) is 0. The molecule has 0 saturated carbocycles. The third-order valence-electron chi connectivity index (χ3n) is 0. The standard InChI is InChI=1S/Ce.Ho.In.O.Ta.3H. The quantitative estimate of drug-likeness (QED) is 0.308. The molecule has 0 aromatic heterocycles. The second-order valence-electron chi connectivity index (χ2n) is 0. The molecule has 0 unspecified atom stereocenters. The van der Waals surface area contributed by atoms with E-state index in [0.29, 0.717) is 0 Å². The third-order valence-corrected chi connectivity index (χ3v) is 0. The Morgan fingerprint density at radius 2 is 1.20 bits per heavy atom. The van der Waals surface area contributed by atoms with E-state index in [1.54, 1.807) is 0 Å². The van der Waals surface area contributed by atoms with Crippen LogP contribution in [0.1, 0.15) is 0 Å². The van der Waals surface area contributed by atoms with E-state index in [9.17, 15) is 0 Å². The Balaban J connectivity index is -0.00000000167. The summed E-state index contributed by atoms with van der Waals surface area (Å²) in [5.74, 6) is 0. The number of rotatable bonds is 0. The molecule has 0 aliphatic rings. The molecule has 0 N–H and O–H groups in total. The second-order valence-corrected chi connectivity index (χ2v) is 0. The van der Waals surface area contributed by atoms with Gasteiger partial charge in [-0.15, -0.1) is 0 Å². The molecule has 5 heavy (non-hydrogen) atoms. The van der Waals surface area contributed by atoms with Crippen LogP contribution in [0, 0.1) is 77.6 Å². The van der Waals surface area contributed by atoms with Crippen molar-refractivity contribution < 1.29 is 101 Å². The molecule has 1 nitrogen and oxygen atoms in total. The first-order chi connectivity index (χ1) is 1.00. The van der Waals surface area contributed by atoms with Gasteiger partial charge in [-0.05, 0) is 0 Å². The molecule has 0 aliphatic heterocycles. The van der Waals surface area contributed by atoms with Crippen LogP contribution in [0.15, 0.2) is 0 Å². The predicted octanol–water partition coefficient (Wildman–Crippen LogP) is -1.31. The maximum absolute atomic E-state index is 8.19. The first-order valence-electron chi connectivity index (χ1n) is 0.123. The van der Waals surface area contributed by atoms with Crippen LogP contribution in [0.5, 0.6) is 0 Å². The van der Waals surface area contributed by atoms with Crippen molar-refractivity contribution in [1.29, 1.82) is 0 Å². The summed E-state index contributed by atoms with van der Waals surface area (Å²) in [6.07, 6.45) is 0. The van der Waals surface area contributed by atoms with Gasteiger partial charge in [0.15, 0.2) is 0 Å². The summed E-state index contributed by atoms with van der Waals surface area (Å²) in [5.41, 5.74) is 0. The fourth-order valence-electron chi connectivity index (χ4n) is 0. The third kappa shape index (κ3) is 18.0. The molecule has 1 radical (unpaired) electrons. The molecule has 0 bridgehead atoms. The molecule has 0 aromatic carbocycles. The van der Waals surface area contributed by atoms with E-state index in [2.05, 4.69) is 0 Å². The molecule has 0 saturated heterocycles. The molecular formula is H3CeHoInOTa. The number of hydrogen-bond acceptors (Lipinski definition) is 1. The largest absolute Gasteiger partial charge is 0 e. The molecule has 0 amide bonds. The minimum atomic E-state index is 0. The topological polar surface area (TPSA) is 17.1 Å². The van der Waals surface area contributed by atoms with E-state index in [4.69, 9.17) is 1.43 Å². The normalized spacial score (nSPS) is 1.20. The van der Waals surface area contributed by atoms with Crippen LogP contribution in [-0.4, -0.2) is 25.8 Å². The van der Waals surface area contributed by atoms with Crippen molar-refractivity contribution in [2.45, 2.75) is 0 Å². The van der Waals surface area contributed by atoms with Crippen molar-refractivity contribution in [2.24, 2.45) is 0 Å². The zero-order valence-corrected chi connectivity index (χ0v) is 9.94. The summed E-state index contributed by atoms with van der Waals surface area (Å²) >= 11 is 1.03. The summed E-state index contributed by atoms with van der Waals surface area (Å²) in [6, 6.07) is 0. The minimum absolute atomic E-state index is 0. The monoisotopic (exact) mass is 620 g/mol. The minimum Gasteiger partial charge on any atom is 0 e. The molecule has 0 aliphatic carbocycles. The molecule has 0 atom stereocenters. The van der Waals surface area contributed by atoms with E-state index in [0.717, 1.165) is 35.9 Å².